The number of carbonyl (C=O) groups excluding carboxylic acids is 4. The zero-order valence-corrected chi connectivity index (χ0v) is 30.0. The molecule has 0 bridgehead atoms. The van der Waals surface area contributed by atoms with Crippen LogP contribution in [-0.2, 0) is 47.3 Å². The Hall–Kier alpha value is -5.02. The molecule has 0 fully saturated rings. The Kier molecular flexibility index (Phi) is 12.2. The standard InChI is InChI=1S/C37H46N4O11/c1-5-37(47)27-20-29-31-24(21-41(29)32(43)26(27)22-50-33(37)44)18-23-19-25(10-11-28(23)40-31)51-35(46)39-14-9-7-6-8-13-38-34(45)49-17-16-48-15-12-30(42)52-36(2,3)4/h10-11,18-20,47H,5-9,12-17,21-22H2,1-4H3,(H,38,45)(H,39,46)/t37-/m0/s1. The van der Waals surface area contributed by atoms with Gasteiger partial charge in [-0.05, 0) is 70.4 Å². The number of benzene rings is 1. The van der Waals surface area contributed by atoms with E-state index in [9.17, 15) is 29.1 Å². The van der Waals surface area contributed by atoms with E-state index in [1.54, 1.807) is 56.5 Å². The first kappa shape index (κ1) is 38.2. The van der Waals surface area contributed by atoms with Gasteiger partial charge in [0.15, 0.2) is 5.60 Å². The van der Waals surface area contributed by atoms with Crippen molar-refractivity contribution in [3.63, 3.8) is 0 Å². The molecule has 2 amide bonds. The van der Waals surface area contributed by atoms with E-state index in [2.05, 4.69) is 10.6 Å². The van der Waals surface area contributed by atoms with E-state index in [4.69, 9.17) is 28.7 Å². The lowest BCUT2D eigenvalue weighted by Crippen LogP contribution is -2.44. The molecule has 4 heterocycles. The van der Waals surface area contributed by atoms with Gasteiger partial charge < -0.3 is 44.0 Å². The Morgan fingerprint density at radius 3 is 2.42 bits per heavy atom. The van der Waals surface area contributed by atoms with E-state index in [-0.39, 0.29) is 68.5 Å². The fraction of sp³-hybridized carbons (Fsp3) is 0.514. The number of nitrogens with one attached hydrogen (secondary N) is 2. The van der Waals surface area contributed by atoms with E-state index < -0.39 is 29.4 Å². The van der Waals surface area contributed by atoms with Gasteiger partial charge in [0.25, 0.3) is 5.56 Å². The largest absolute Gasteiger partial charge is 0.460 e. The van der Waals surface area contributed by atoms with Gasteiger partial charge in [-0.3, -0.25) is 9.59 Å². The molecule has 0 spiro atoms. The fourth-order valence-electron chi connectivity index (χ4n) is 6.05. The number of carbonyl (C=O) groups is 4. The summed E-state index contributed by atoms with van der Waals surface area (Å²) in [6, 6.07) is 8.63. The van der Waals surface area contributed by atoms with Gasteiger partial charge >= 0.3 is 24.1 Å². The molecule has 1 atom stereocenters. The molecule has 0 saturated carbocycles. The first-order valence-electron chi connectivity index (χ1n) is 17.6. The van der Waals surface area contributed by atoms with Gasteiger partial charge in [0, 0.05) is 29.6 Å². The van der Waals surface area contributed by atoms with Gasteiger partial charge in [-0.25, -0.2) is 19.4 Å². The highest BCUT2D eigenvalue weighted by Crippen LogP contribution is 2.39. The van der Waals surface area contributed by atoms with Crippen molar-refractivity contribution in [2.45, 2.75) is 90.6 Å². The van der Waals surface area contributed by atoms with Crippen molar-refractivity contribution in [3.05, 3.63) is 57.4 Å². The lowest BCUT2D eigenvalue weighted by Gasteiger charge is -2.31. The third-order valence-electron chi connectivity index (χ3n) is 8.66. The lowest BCUT2D eigenvalue weighted by molar-refractivity contribution is -0.172. The Labute approximate surface area is 300 Å². The van der Waals surface area contributed by atoms with Gasteiger partial charge in [0.05, 0.1) is 48.6 Å². The number of cyclic esters (lactones) is 1. The number of hydrogen-bond donors (Lipinski definition) is 3. The molecule has 5 rings (SSSR count). The number of hydrogen-bond acceptors (Lipinski definition) is 12. The number of pyridine rings is 2. The first-order valence-corrected chi connectivity index (χ1v) is 17.6. The van der Waals surface area contributed by atoms with Crippen molar-refractivity contribution in [1.29, 1.82) is 0 Å². The van der Waals surface area contributed by atoms with Crippen LogP contribution in [0, 0.1) is 0 Å². The second-order valence-corrected chi connectivity index (χ2v) is 13.7. The topological polar surface area (TPSA) is 194 Å². The number of nitrogens with zero attached hydrogens (tertiary/aromatic N) is 2. The second kappa shape index (κ2) is 16.5. The number of aliphatic hydroxyl groups is 1. The average molecular weight is 723 g/mol. The molecule has 0 aliphatic carbocycles. The number of esters is 2. The Morgan fingerprint density at radius 2 is 1.71 bits per heavy atom. The van der Waals surface area contributed by atoms with E-state index in [0.717, 1.165) is 36.6 Å². The molecule has 0 unspecified atom stereocenters. The third-order valence-corrected chi connectivity index (χ3v) is 8.66. The highest BCUT2D eigenvalue weighted by molar-refractivity contribution is 5.87. The number of ether oxygens (including phenoxy) is 5. The minimum atomic E-state index is -1.89. The van der Waals surface area contributed by atoms with Crippen molar-refractivity contribution >= 4 is 35.0 Å². The van der Waals surface area contributed by atoms with Crippen LogP contribution in [0.5, 0.6) is 5.75 Å². The van der Waals surface area contributed by atoms with Gasteiger partial charge in [0.1, 0.15) is 24.6 Å². The lowest BCUT2D eigenvalue weighted by atomic mass is 9.86. The molecule has 1 aromatic carbocycles. The molecule has 52 heavy (non-hydrogen) atoms. The highest BCUT2D eigenvalue weighted by atomic mass is 16.6. The number of aromatic nitrogens is 2. The van der Waals surface area contributed by atoms with Crippen LogP contribution >= 0.6 is 0 Å². The SMILES string of the molecule is CC[C@@]1(O)C(=O)OCc2c1cc1n(c2=O)Cc2cc3cc(OC(=O)NCCCCCCNC(=O)OCCOCCC(=O)OC(C)(C)C)ccc3nc2-1. The molecule has 280 valence electrons. The van der Waals surface area contributed by atoms with Crippen LogP contribution in [0.25, 0.3) is 22.3 Å². The van der Waals surface area contributed by atoms with Crippen LogP contribution in [0.4, 0.5) is 9.59 Å². The van der Waals surface area contributed by atoms with Crippen molar-refractivity contribution in [2.24, 2.45) is 0 Å². The summed E-state index contributed by atoms with van der Waals surface area (Å²) in [4.78, 5) is 66.4. The molecule has 3 N–H and O–H groups in total. The summed E-state index contributed by atoms with van der Waals surface area (Å²) >= 11 is 0. The van der Waals surface area contributed by atoms with Crippen LogP contribution < -0.4 is 20.9 Å². The predicted molar refractivity (Wildman–Crippen MR) is 188 cm³/mol. The molecule has 15 heteroatoms. The van der Waals surface area contributed by atoms with E-state index in [0.29, 0.717) is 35.7 Å². The van der Waals surface area contributed by atoms with Crippen LogP contribution in [0.15, 0.2) is 35.1 Å². The molecule has 0 radical (unpaired) electrons. The molecular formula is C37H46N4O11. The quantitative estimate of drug-likeness (QED) is 0.0901. The van der Waals surface area contributed by atoms with Gasteiger partial charge in [-0.1, -0.05) is 19.8 Å². The molecule has 3 aromatic rings. The average Bonchev–Trinajstić information content (AvgIpc) is 3.45. The second-order valence-electron chi connectivity index (χ2n) is 13.7. The maximum atomic E-state index is 13.4. The molecule has 2 aliphatic heterocycles. The number of rotatable bonds is 15. The summed E-state index contributed by atoms with van der Waals surface area (Å²) in [6.45, 7) is 8.44. The molecule has 15 nitrogen and oxygen atoms in total. The van der Waals surface area contributed by atoms with Crippen molar-refractivity contribution in [2.75, 3.05) is 32.9 Å². The summed E-state index contributed by atoms with van der Waals surface area (Å²) in [7, 11) is 0. The fourth-order valence-corrected chi connectivity index (χ4v) is 6.05. The minimum absolute atomic E-state index is 0.0639. The monoisotopic (exact) mass is 722 g/mol. The third kappa shape index (κ3) is 9.25. The number of fused-ring (bicyclic) bond motifs is 5. The van der Waals surface area contributed by atoms with E-state index >= 15 is 0 Å². The van der Waals surface area contributed by atoms with E-state index in [1.807, 2.05) is 6.07 Å². The summed E-state index contributed by atoms with van der Waals surface area (Å²) in [5.74, 6) is -0.777. The molecular weight excluding hydrogens is 676 g/mol. The van der Waals surface area contributed by atoms with Gasteiger partial charge in [-0.2, -0.15) is 0 Å². The van der Waals surface area contributed by atoms with E-state index in [1.165, 1.54) is 0 Å². The summed E-state index contributed by atoms with van der Waals surface area (Å²) in [6.07, 6.45) is 2.23. The van der Waals surface area contributed by atoms with Crippen LogP contribution in [0.1, 0.15) is 82.9 Å². The zero-order chi connectivity index (χ0) is 37.5. The predicted octanol–water partition coefficient (Wildman–Crippen LogP) is 4.20. The Morgan fingerprint density at radius 1 is 0.981 bits per heavy atom. The number of alkyl carbamates (subject to hydrolysis) is 1. The zero-order valence-electron chi connectivity index (χ0n) is 30.0. The first-order chi connectivity index (χ1) is 24.8. The van der Waals surface area contributed by atoms with Crippen LogP contribution in [0.2, 0.25) is 0 Å². The maximum Gasteiger partial charge on any atom is 0.412 e. The Bertz CT molecular complexity index is 1880. The number of amides is 2. The summed E-state index contributed by atoms with van der Waals surface area (Å²) in [5, 5.41) is 17.2. The number of unbranched alkanes of at least 4 members (excludes halogenated alkanes) is 3. The van der Waals surface area contributed by atoms with Crippen LogP contribution in [-0.4, -0.2) is 77.3 Å². The summed E-state index contributed by atoms with van der Waals surface area (Å²) in [5.41, 5.74) is 0.269. The highest BCUT2D eigenvalue weighted by Gasteiger charge is 2.45. The van der Waals surface area contributed by atoms with Gasteiger partial charge in [-0.15, -0.1) is 0 Å². The molecule has 2 aliphatic rings. The van der Waals surface area contributed by atoms with Crippen molar-refractivity contribution < 1.29 is 48.0 Å². The normalized spacial score (nSPS) is 16.0. The van der Waals surface area contributed by atoms with Crippen molar-refractivity contribution in [3.8, 4) is 17.1 Å². The van der Waals surface area contributed by atoms with Crippen LogP contribution in [0.3, 0.4) is 0 Å². The summed E-state index contributed by atoms with van der Waals surface area (Å²) < 4.78 is 27.7. The maximum absolute atomic E-state index is 13.4. The Balaban J connectivity index is 0.989. The molecule has 2 aromatic heterocycles. The van der Waals surface area contributed by atoms with Gasteiger partial charge in [0.2, 0.25) is 0 Å². The van der Waals surface area contributed by atoms with Crippen molar-refractivity contribution in [1.82, 2.24) is 20.2 Å². The minimum Gasteiger partial charge on any atom is -0.460 e. The molecule has 0 saturated heterocycles. The smallest absolute Gasteiger partial charge is 0.412 e.